The Hall–Kier alpha value is -3.53. The Bertz CT molecular complexity index is 1230. The van der Waals surface area contributed by atoms with Crippen molar-refractivity contribution >= 4 is 41.2 Å². The maximum atomic E-state index is 13.5. The van der Waals surface area contributed by atoms with Gasteiger partial charge in [0.2, 0.25) is 0 Å². The number of hydrogen-bond donors (Lipinski definition) is 1. The van der Waals surface area contributed by atoms with E-state index in [1.165, 1.54) is 0 Å². The summed E-state index contributed by atoms with van der Waals surface area (Å²) >= 11 is 0. The van der Waals surface area contributed by atoms with Crippen LogP contribution in [0.15, 0.2) is 54.7 Å². The lowest BCUT2D eigenvalue weighted by Crippen LogP contribution is -2.60. The van der Waals surface area contributed by atoms with Crippen LogP contribution in [-0.4, -0.2) is 74.6 Å². The van der Waals surface area contributed by atoms with Crippen molar-refractivity contribution < 1.29 is 19.1 Å². The minimum absolute atomic E-state index is 0.000830. The molecular weight excluding hydrogens is 431 g/mol. The third-order valence-electron chi connectivity index (χ3n) is 5.87. The van der Waals surface area contributed by atoms with Crippen molar-refractivity contribution in [3.05, 3.63) is 71.7 Å². The average Bonchev–Trinajstić information content (AvgIpc) is 3.21. The number of rotatable bonds is 4. The van der Waals surface area contributed by atoms with Gasteiger partial charge in [-0.05, 0) is 29.0 Å². The van der Waals surface area contributed by atoms with Crippen LogP contribution in [0.2, 0.25) is 0 Å². The first kappa shape index (κ1) is 22.3. The second-order valence-electron chi connectivity index (χ2n) is 9.35. The average molecular weight is 455 g/mol. The number of fused-ring (bicyclic) bond motifs is 2. The Kier molecular flexibility index (Phi) is 5.69. The molecule has 0 spiro atoms. The zero-order chi connectivity index (χ0) is 23.9. The number of nitrogens with one attached hydrogen (secondary N) is 1. The third kappa shape index (κ3) is 4.09. The van der Waals surface area contributed by atoms with E-state index in [-0.39, 0.29) is 24.3 Å². The molecule has 0 fully saturated rings. The Morgan fingerprint density at radius 1 is 1.15 bits per heavy atom. The van der Waals surface area contributed by atoms with E-state index in [9.17, 15) is 9.59 Å². The number of hydrogen-bond acceptors (Lipinski definition) is 6. The summed E-state index contributed by atoms with van der Waals surface area (Å²) in [5.74, 6) is 0.219. The number of pyridine rings is 1. The lowest BCUT2D eigenvalue weighted by Gasteiger charge is -2.36. The van der Waals surface area contributed by atoms with Gasteiger partial charge in [-0.2, -0.15) is 5.10 Å². The minimum atomic E-state index is -0.888. The molecule has 0 unspecified atom stereocenters. The van der Waals surface area contributed by atoms with Gasteiger partial charge in [0.25, 0.3) is 11.8 Å². The molecule has 2 amide bonds. The van der Waals surface area contributed by atoms with E-state index >= 15 is 0 Å². The smallest absolute Gasteiger partial charge is 0.272 e. The fourth-order valence-electron chi connectivity index (χ4n) is 4.32. The summed E-state index contributed by atoms with van der Waals surface area (Å²) in [6, 6.07) is 14.2. The molecule has 3 aromatic rings. The van der Waals surface area contributed by atoms with Gasteiger partial charge in [-0.3, -0.25) is 14.3 Å². The SMILES string of the molecule is BC(B)(B)N1C(=O)[C@@H](NC(=O)c2cc3n(n2)CCO[C@H]3c2ccccc2)COc2cccnc21. The zero-order valence-electron chi connectivity index (χ0n) is 19.4. The van der Waals surface area contributed by atoms with Crippen molar-refractivity contribution in [2.75, 3.05) is 18.1 Å². The molecule has 12 heteroatoms. The number of carbonyl (C=O) groups excluding carboxylic acids is 2. The first-order valence-corrected chi connectivity index (χ1v) is 11.3. The quantitative estimate of drug-likeness (QED) is 0.478. The fourth-order valence-corrected chi connectivity index (χ4v) is 4.32. The van der Waals surface area contributed by atoms with E-state index in [0.29, 0.717) is 24.7 Å². The van der Waals surface area contributed by atoms with Gasteiger partial charge in [-0.15, -0.1) is 0 Å². The predicted molar refractivity (Wildman–Crippen MR) is 133 cm³/mol. The Labute approximate surface area is 200 Å². The summed E-state index contributed by atoms with van der Waals surface area (Å²) in [7, 11) is 5.75. The summed E-state index contributed by atoms with van der Waals surface area (Å²) in [4.78, 5) is 32.6. The highest BCUT2D eigenvalue weighted by atomic mass is 16.5. The van der Waals surface area contributed by atoms with Crippen LogP contribution in [0.1, 0.15) is 27.8 Å². The number of aromatic nitrogens is 3. The van der Waals surface area contributed by atoms with E-state index in [4.69, 9.17) is 9.47 Å². The highest BCUT2D eigenvalue weighted by Gasteiger charge is 2.39. The molecule has 2 aliphatic heterocycles. The molecule has 5 rings (SSSR count). The molecule has 9 nitrogen and oxygen atoms in total. The van der Waals surface area contributed by atoms with Crippen molar-refractivity contribution in [2.45, 2.75) is 23.9 Å². The van der Waals surface area contributed by atoms with Crippen LogP contribution in [0.25, 0.3) is 0 Å². The van der Waals surface area contributed by atoms with Gasteiger partial charge in [-0.1, -0.05) is 30.3 Å². The van der Waals surface area contributed by atoms with E-state index in [1.54, 1.807) is 34.0 Å². The molecule has 170 valence electrons. The molecule has 0 radical (unpaired) electrons. The van der Waals surface area contributed by atoms with Gasteiger partial charge < -0.3 is 19.7 Å². The molecule has 0 saturated heterocycles. The van der Waals surface area contributed by atoms with Gasteiger partial charge in [0.1, 0.15) is 42.3 Å². The lowest BCUT2D eigenvalue weighted by molar-refractivity contribution is -0.120. The molecule has 2 aliphatic rings. The molecular formula is C22H24B3N5O4. The number of ether oxygens (including phenoxy) is 2. The largest absolute Gasteiger partial charge is 0.487 e. The van der Waals surface area contributed by atoms with Crippen molar-refractivity contribution in [1.82, 2.24) is 20.1 Å². The second kappa shape index (κ2) is 8.68. The highest BCUT2D eigenvalue weighted by Crippen LogP contribution is 2.32. The number of carbonyl (C=O) groups is 2. The first-order valence-electron chi connectivity index (χ1n) is 11.3. The van der Waals surface area contributed by atoms with Crippen LogP contribution in [0, 0.1) is 0 Å². The number of amides is 2. The van der Waals surface area contributed by atoms with Crippen LogP contribution in [0.5, 0.6) is 5.75 Å². The first-order chi connectivity index (χ1) is 16.3. The summed E-state index contributed by atoms with van der Waals surface area (Å²) < 4.78 is 13.6. The molecule has 2 atom stereocenters. The lowest BCUT2D eigenvalue weighted by atomic mass is 9.48. The van der Waals surface area contributed by atoms with E-state index in [2.05, 4.69) is 15.4 Å². The number of anilines is 1. The summed E-state index contributed by atoms with van der Waals surface area (Å²) in [6.07, 6.45) is 1.32. The summed E-state index contributed by atoms with van der Waals surface area (Å²) in [5.41, 5.74) is 2.03. The highest BCUT2D eigenvalue weighted by molar-refractivity contribution is 6.62. The maximum Gasteiger partial charge on any atom is 0.272 e. The molecule has 1 N–H and O–H groups in total. The Morgan fingerprint density at radius 3 is 2.71 bits per heavy atom. The minimum Gasteiger partial charge on any atom is -0.487 e. The van der Waals surface area contributed by atoms with Crippen molar-refractivity contribution in [1.29, 1.82) is 0 Å². The van der Waals surface area contributed by atoms with Crippen LogP contribution in [0.4, 0.5) is 5.82 Å². The monoisotopic (exact) mass is 455 g/mol. The number of benzene rings is 1. The van der Waals surface area contributed by atoms with Crippen molar-refractivity contribution in [3.8, 4) is 5.75 Å². The summed E-state index contributed by atoms with van der Waals surface area (Å²) in [6.45, 7) is 1.05. The third-order valence-corrected chi connectivity index (χ3v) is 5.87. The normalized spacial score (nSPS) is 20.0. The van der Waals surface area contributed by atoms with Gasteiger partial charge in [0, 0.05) is 6.20 Å². The van der Waals surface area contributed by atoms with Crippen molar-refractivity contribution in [3.63, 3.8) is 0 Å². The zero-order valence-corrected chi connectivity index (χ0v) is 19.4. The molecule has 2 aromatic heterocycles. The Balaban J connectivity index is 1.40. The molecule has 1 aromatic carbocycles. The predicted octanol–water partition coefficient (Wildman–Crippen LogP) is -1.57. The molecule has 4 heterocycles. The van der Waals surface area contributed by atoms with E-state index < -0.39 is 17.2 Å². The summed E-state index contributed by atoms with van der Waals surface area (Å²) in [5, 5.41) is 6.76. The van der Waals surface area contributed by atoms with Crippen LogP contribution >= 0.6 is 0 Å². The van der Waals surface area contributed by atoms with Gasteiger partial charge in [0.05, 0.1) is 18.8 Å². The van der Waals surface area contributed by atoms with E-state index in [0.717, 1.165) is 11.3 Å². The molecule has 0 aliphatic carbocycles. The topological polar surface area (TPSA) is 98.6 Å². The van der Waals surface area contributed by atoms with Crippen LogP contribution in [0.3, 0.4) is 0 Å². The van der Waals surface area contributed by atoms with Crippen LogP contribution in [-0.2, 0) is 16.1 Å². The number of nitrogens with zero attached hydrogens (tertiary/aromatic N) is 4. The Morgan fingerprint density at radius 2 is 1.94 bits per heavy atom. The standard InChI is InChI=1S/C22H24B3N5O4/c23-22(24,25)30-19-17(7-4-8-26-19)34-12-15(21(30)32)27-20(31)14-11-16-18(13-5-2-1-3-6-13)33-10-9-29(16)28-14/h1-8,11,15,18H,9-10,12,23-25H2,(H,27,31)/t15-,18-/m0/s1. The van der Waals surface area contributed by atoms with Gasteiger partial charge in [0.15, 0.2) is 17.3 Å². The van der Waals surface area contributed by atoms with E-state index in [1.807, 2.05) is 53.9 Å². The maximum absolute atomic E-state index is 13.5. The molecule has 0 saturated carbocycles. The molecule has 0 bridgehead atoms. The second-order valence-corrected chi connectivity index (χ2v) is 9.35. The van der Waals surface area contributed by atoms with Gasteiger partial charge in [-0.25, -0.2) is 4.98 Å². The fraction of sp³-hybridized carbons (Fsp3) is 0.273. The van der Waals surface area contributed by atoms with Crippen LogP contribution < -0.4 is 15.0 Å². The van der Waals surface area contributed by atoms with Gasteiger partial charge >= 0.3 is 0 Å². The molecule has 34 heavy (non-hydrogen) atoms. The van der Waals surface area contributed by atoms with Crippen molar-refractivity contribution in [2.24, 2.45) is 0 Å².